The predicted molar refractivity (Wildman–Crippen MR) is 141 cm³/mol. The third kappa shape index (κ3) is 5.83. The van der Waals surface area contributed by atoms with Gasteiger partial charge in [-0.2, -0.15) is 0 Å². The first-order valence-electron chi connectivity index (χ1n) is 11.9. The lowest BCUT2D eigenvalue weighted by molar-refractivity contribution is 0.0747. The summed E-state index contributed by atoms with van der Waals surface area (Å²) in [6, 6.07) is 14.9. The Hall–Kier alpha value is -3.86. The summed E-state index contributed by atoms with van der Waals surface area (Å²) in [5.74, 6) is -0.811. The lowest BCUT2D eigenvalue weighted by atomic mass is 10.1. The second-order valence-electron chi connectivity index (χ2n) is 8.84. The van der Waals surface area contributed by atoms with Gasteiger partial charge in [-0.1, -0.05) is 18.2 Å². The monoisotopic (exact) mass is 545 g/mol. The van der Waals surface area contributed by atoms with Gasteiger partial charge in [-0.05, 0) is 36.4 Å². The highest BCUT2D eigenvalue weighted by molar-refractivity contribution is 7.92. The van der Waals surface area contributed by atoms with E-state index in [1.807, 2.05) is 4.90 Å². The molecule has 3 aromatic carbocycles. The largest absolute Gasteiger partial charge is 0.493 e. The Morgan fingerprint density at radius 1 is 0.921 bits per heavy atom. The Kier molecular flexibility index (Phi) is 8.05. The second-order valence-corrected chi connectivity index (χ2v) is 10.7. The van der Waals surface area contributed by atoms with Crippen molar-refractivity contribution in [3.05, 3.63) is 83.4 Å². The van der Waals surface area contributed by atoms with E-state index in [2.05, 4.69) is 0 Å². The highest BCUT2D eigenvalue weighted by Crippen LogP contribution is 2.38. The van der Waals surface area contributed by atoms with E-state index in [0.29, 0.717) is 26.2 Å². The lowest BCUT2D eigenvalue weighted by Gasteiger charge is -2.37. The number of methoxy groups -OCH3 is 2. The average molecular weight is 546 g/mol. The van der Waals surface area contributed by atoms with E-state index < -0.39 is 21.7 Å². The van der Waals surface area contributed by atoms with Crippen LogP contribution in [0, 0.1) is 11.6 Å². The quantitative estimate of drug-likeness (QED) is 0.427. The molecule has 1 saturated heterocycles. The van der Waals surface area contributed by atoms with Crippen molar-refractivity contribution < 1.29 is 31.5 Å². The minimum Gasteiger partial charge on any atom is -0.493 e. The van der Waals surface area contributed by atoms with Gasteiger partial charge >= 0.3 is 0 Å². The number of carbonyl (C=O) groups excluding carboxylic acids is 1. The first kappa shape index (κ1) is 27.2. The Bertz CT molecular complexity index is 1410. The van der Waals surface area contributed by atoms with E-state index in [0.717, 1.165) is 16.2 Å². The molecular weight excluding hydrogens is 516 g/mol. The first-order chi connectivity index (χ1) is 18.1. The third-order valence-electron chi connectivity index (χ3n) is 6.43. The van der Waals surface area contributed by atoms with Crippen LogP contribution in [-0.4, -0.2) is 65.9 Å². The van der Waals surface area contributed by atoms with Crippen molar-refractivity contribution in [1.29, 1.82) is 0 Å². The van der Waals surface area contributed by atoms with Crippen LogP contribution in [0.4, 0.5) is 20.2 Å². The normalized spacial score (nSPS) is 13.8. The summed E-state index contributed by atoms with van der Waals surface area (Å²) in [5, 5.41) is 0. The topological polar surface area (TPSA) is 79.4 Å². The molecule has 1 amide bonds. The number of hydrogen-bond donors (Lipinski definition) is 0. The van der Waals surface area contributed by atoms with Crippen LogP contribution in [0.1, 0.15) is 15.9 Å². The number of ether oxygens (including phenoxy) is 2. The van der Waals surface area contributed by atoms with Gasteiger partial charge in [-0.25, -0.2) is 17.2 Å². The number of halogens is 2. The number of hydrogen-bond acceptors (Lipinski definition) is 6. The highest BCUT2D eigenvalue weighted by Gasteiger charge is 2.30. The van der Waals surface area contributed by atoms with Gasteiger partial charge in [0.2, 0.25) is 10.0 Å². The molecule has 202 valence electrons. The smallest absolute Gasteiger partial charge is 0.256 e. The average Bonchev–Trinajstić information content (AvgIpc) is 2.91. The zero-order chi connectivity index (χ0) is 27.4. The molecule has 0 spiro atoms. The molecule has 1 aliphatic rings. The predicted octanol–water partition coefficient (Wildman–Crippen LogP) is 3.91. The summed E-state index contributed by atoms with van der Waals surface area (Å²) in [6.45, 7) is 1.40. The molecule has 3 aromatic rings. The SMILES string of the molecule is COc1cc(C(=O)N2CCN(c3ccc(F)cc3)CC2)c(N(Cc2ccccc2F)S(C)(=O)=O)cc1OC. The molecule has 0 unspecified atom stereocenters. The van der Waals surface area contributed by atoms with Crippen LogP contribution in [-0.2, 0) is 16.6 Å². The van der Waals surface area contributed by atoms with Gasteiger partial charge in [0.1, 0.15) is 11.6 Å². The van der Waals surface area contributed by atoms with Gasteiger partial charge in [-0.3, -0.25) is 9.10 Å². The fourth-order valence-corrected chi connectivity index (χ4v) is 5.28. The molecule has 0 bridgehead atoms. The molecule has 0 radical (unpaired) electrons. The van der Waals surface area contributed by atoms with Gasteiger partial charge in [-0.15, -0.1) is 0 Å². The van der Waals surface area contributed by atoms with Crippen LogP contribution < -0.4 is 18.7 Å². The first-order valence-corrected chi connectivity index (χ1v) is 13.7. The number of carbonyl (C=O) groups is 1. The Balaban J connectivity index is 1.69. The van der Waals surface area contributed by atoms with Crippen LogP contribution in [0.3, 0.4) is 0 Å². The Labute approximate surface area is 221 Å². The molecule has 0 aromatic heterocycles. The van der Waals surface area contributed by atoms with Crippen molar-refractivity contribution in [2.45, 2.75) is 6.54 Å². The van der Waals surface area contributed by atoms with Crippen LogP contribution in [0.15, 0.2) is 60.7 Å². The molecule has 1 aliphatic heterocycles. The molecule has 1 fully saturated rings. The molecule has 8 nitrogen and oxygen atoms in total. The number of piperazine rings is 1. The van der Waals surface area contributed by atoms with Crippen LogP contribution in [0.5, 0.6) is 11.5 Å². The van der Waals surface area contributed by atoms with Gasteiger partial charge in [0.05, 0.1) is 38.3 Å². The van der Waals surface area contributed by atoms with Crippen molar-refractivity contribution in [3.63, 3.8) is 0 Å². The lowest BCUT2D eigenvalue weighted by Crippen LogP contribution is -2.49. The summed E-state index contributed by atoms with van der Waals surface area (Å²) in [6.07, 6.45) is 1.00. The zero-order valence-corrected chi connectivity index (χ0v) is 22.2. The second kappa shape index (κ2) is 11.3. The molecule has 11 heteroatoms. The van der Waals surface area contributed by atoms with E-state index in [1.54, 1.807) is 23.1 Å². The van der Waals surface area contributed by atoms with E-state index in [-0.39, 0.29) is 40.7 Å². The third-order valence-corrected chi connectivity index (χ3v) is 7.56. The Morgan fingerprint density at radius 2 is 1.53 bits per heavy atom. The molecule has 38 heavy (non-hydrogen) atoms. The minimum absolute atomic E-state index is 0.0550. The number of benzene rings is 3. The summed E-state index contributed by atoms with van der Waals surface area (Å²) in [5.41, 5.74) is 1.14. The number of rotatable bonds is 8. The fraction of sp³-hybridized carbons (Fsp3) is 0.296. The van der Waals surface area contributed by atoms with Crippen molar-refractivity contribution in [2.75, 3.05) is 55.9 Å². The Morgan fingerprint density at radius 3 is 2.11 bits per heavy atom. The standard InChI is InChI=1S/C27H29F2N3O5S/c1-36-25-16-22(27(33)31-14-12-30(13-15-31)21-10-8-20(28)9-11-21)24(17-26(25)37-2)32(38(3,34)35)18-19-6-4-5-7-23(19)29/h4-11,16-17H,12-15,18H2,1-3H3. The van der Waals surface area contributed by atoms with E-state index >= 15 is 0 Å². The molecule has 0 atom stereocenters. The molecule has 4 rings (SSSR count). The molecule has 0 N–H and O–H groups in total. The molecule has 0 aliphatic carbocycles. The van der Waals surface area contributed by atoms with Gasteiger partial charge in [0.25, 0.3) is 5.91 Å². The maximum atomic E-state index is 14.5. The number of sulfonamides is 1. The van der Waals surface area contributed by atoms with Crippen molar-refractivity contribution >= 4 is 27.3 Å². The van der Waals surface area contributed by atoms with Crippen molar-refractivity contribution in [1.82, 2.24) is 4.90 Å². The number of amides is 1. The van der Waals surface area contributed by atoms with E-state index in [1.165, 1.54) is 56.7 Å². The summed E-state index contributed by atoms with van der Waals surface area (Å²) in [7, 11) is -1.13. The maximum absolute atomic E-state index is 14.5. The summed E-state index contributed by atoms with van der Waals surface area (Å²) >= 11 is 0. The van der Waals surface area contributed by atoms with E-state index in [9.17, 15) is 22.0 Å². The summed E-state index contributed by atoms with van der Waals surface area (Å²) in [4.78, 5) is 17.5. The molecular formula is C27H29F2N3O5S. The van der Waals surface area contributed by atoms with Gasteiger partial charge in [0, 0.05) is 43.5 Å². The van der Waals surface area contributed by atoms with Crippen LogP contribution in [0.2, 0.25) is 0 Å². The van der Waals surface area contributed by atoms with Gasteiger partial charge in [0.15, 0.2) is 11.5 Å². The van der Waals surface area contributed by atoms with Crippen molar-refractivity contribution in [3.8, 4) is 11.5 Å². The number of nitrogens with zero attached hydrogens (tertiary/aromatic N) is 3. The fourth-order valence-electron chi connectivity index (χ4n) is 4.40. The molecule has 0 saturated carbocycles. The van der Waals surface area contributed by atoms with Crippen molar-refractivity contribution in [2.24, 2.45) is 0 Å². The van der Waals surface area contributed by atoms with Crippen LogP contribution in [0.25, 0.3) is 0 Å². The minimum atomic E-state index is -3.95. The van der Waals surface area contributed by atoms with Gasteiger partial charge < -0.3 is 19.3 Å². The highest BCUT2D eigenvalue weighted by atomic mass is 32.2. The summed E-state index contributed by atoms with van der Waals surface area (Å²) < 4.78 is 65.5. The van der Waals surface area contributed by atoms with Crippen LogP contribution >= 0.6 is 0 Å². The van der Waals surface area contributed by atoms with E-state index in [4.69, 9.17) is 9.47 Å². The number of anilines is 2. The maximum Gasteiger partial charge on any atom is 0.256 e. The zero-order valence-electron chi connectivity index (χ0n) is 21.4. The molecule has 1 heterocycles.